The predicted octanol–water partition coefficient (Wildman–Crippen LogP) is 8.35. The van der Waals surface area contributed by atoms with Crippen molar-refractivity contribution >= 4 is 72.3 Å². The van der Waals surface area contributed by atoms with Crippen molar-refractivity contribution < 1.29 is 47.9 Å². The van der Waals surface area contributed by atoms with Gasteiger partial charge < -0.3 is 40.6 Å². The number of amides is 7. The summed E-state index contributed by atoms with van der Waals surface area (Å²) < 4.78 is 4.63. The van der Waals surface area contributed by atoms with Crippen molar-refractivity contribution in [1.29, 1.82) is 0 Å². The van der Waals surface area contributed by atoms with Crippen LogP contribution in [0.1, 0.15) is 96.3 Å². The van der Waals surface area contributed by atoms with Gasteiger partial charge in [0.2, 0.25) is 19.0 Å². The molecule has 2 saturated heterocycles. The molecule has 7 amide bonds. The van der Waals surface area contributed by atoms with Crippen molar-refractivity contribution in [2.75, 3.05) is 87.1 Å². The summed E-state index contributed by atoms with van der Waals surface area (Å²) in [7, 11) is 0. The third-order valence-electron chi connectivity index (χ3n) is 9.25. The first kappa shape index (κ1) is 56.8. The molecule has 0 aliphatic carbocycles. The van der Waals surface area contributed by atoms with E-state index in [9.17, 15) is 19.2 Å². The van der Waals surface area contributed by atoms with Gasteiger partial charge in [-0.3, -0.25) is 4.99 Å². The van der Waals surface area contributed by atoms with E-state index in [4.69, 9.17) is 24.3 Å². The first-order chi connectivity index (χ1) is 27.9. The first-order valence-electron chi connectivity index (χ1n) is 20.6. The van der Waals surface area contributed by atoms with Gasteiger partial charge in [0.1, 0.15) is 0 Å². The van der Waals surface area contributed by atoms with Crippen LogP contribution in [0.5, 0.6) is 0 Å². The molecule has 15 nitrogen and oxygen atoms in total. The van der Waals surface area contributed by atoms with Crippen LogP contribution in [0.15, 0.2) is 9.98 Å². The molecule has 0 aromatic rings. The van der Waals surface area contributed by atoms with Crippen LogP contribution in [0.2, 0.25) is 0 Å². The van der Waals surface area contributed by atoms with Crippen molar-refractivity contribution in [1.82, 2.24) is 15.1 Å². The largest absolute Gasteiger partial charge is 0.450 e. The number of imide groups is 3. The molecule has 2 aliphatic rings. The number of unbranched alkanes of at least 4 members (excludes halogenated alkanes) is 6. The molecular weight excluding hydrogens is 1590 g/mol. The fourth-order valence-corrected chi connectivity index (χ4v) is 7.88. The Balaban J connectivity index is 0. The molecule has 60 heavy (non-hydrogen) atoms. The molecule has 2 atom stereocenters. The van der Waals surface area contributed by atoms with Gasteiger partial charge in [0.25, 0.3) is 0 Å². The summed E-state index contributed by atoms with van der Waals surface area (Å²) in [6.45, 7) is 14.3. The van der Waals surface area contributed by atoms with Gasteiger partial charge in [-0.25, -0.2) is 29.0 Å². The molecule has 0 saturated carbocycles. The number of hydrogen-bond acceptors (Lipinski definition) is 14. The summed E-state index contributed by atoms with van der Waals surface area (Å²) in [5.41, 5.74) is 0. The zero-order valence-electron chi connectivity index (χ0n) is 36.1. The van der Waals surface area contributed by atoms with E-state index in [1.54, 1.807) is 35.3 Å². The van der Waals surface area contributed by atoms with E-state index in [1.165, 1.54) is 22.6 Å². The first-order valence-corrected chi connectivity index (χ1v) is 24.0. The van der Waals surface area contributed by atoms with Gasteiger partial charge in [-0.15, -0.1) is 21.7 Å². The standard InChI is InChI=1S/C39H68N6O9S3.3Rf/c1-4-55-30-18-27-50-36(46)41-23-14-8-10-16-25-44-37(47)43(24-15-9-7-13-22-40-33-53-51-28-19-31-56-5-2)38(48)45(39(44)49)26-17-11-12-21-35(45)42-34-54-52-29-20-32-57-6-3;;;/h33-35H,1-32H2,(H,41,46);;;/q-2;;;/b40-33?,42-34-;;;. The smallest absolute Gasteiger partial charge is 0.438 e. The van der Waals surface area contributed by atoms with E-state index >= 15 is 0 Å². The molecule has 334 valence electrons. The summed E-state index contributed by atoms with van der Waals surface area (Å²) in [5.74, 6) is 5.19. The van der Waals surface area contributed by atoms with Crippen LogP contribution in [-0.4, -0.2) is 144 Å². The topological polar surface area (TPSA) is 158 Å². The third kappa shape index (κ3) is 21.7. The predicted molar refractivity (Wildman–Crippen MR) is 231 cm³/mol. The van der Waals surface area contributed by atoms with E-state index in [2.05, 4.69) is 36.1 Å². The summed E-state index contributed by atoms with van der Waals surface area (Å²) >= 11 is 5.17. The van der Waals surface area contributed by atoms with E-state index in [1.807, 2.05) is 0 Å². The number of urea groups is 3. The number of nitrogens with zero attached hydrogens (tertiary/aromatic N) is 5. The fourth-order valence-electron chi connectivity index (χ4n) is 6.30. The maximum Gasteiger partial charge on any atom is 0.438 e. The molecule has 0 aromatic carbocycles. The fraction of sp³-hybridized carbons (Fsp3) is 0.769. The van der Waals surface area contributed by atoms with Gasteiger partial charge in [-0.05, 0) is 81.5 Å². The van der Waals surface area contributed by atoms with E-state index in [0.717, 1.165) is 105 Å². The number of aliphatic imine (C=N–C) groups is 2. The molecule has 0 bridgehead atoms. The van der Waals surface area contributed by atoms with Gasteiger partial charge in [-0.2, -0.15) is 50.1 Å². The molecule has 1 N–H and O–H groups in total. The van der Waals surface area contributed by atoms with Crippen molar-refractivity contribution in [2.45, 2.75) is 102 Å². The van der Waals surface area contributed by atoms with E-state index in [-0.39, 0.29) is 19.6 Å². The Kier molecular flexibility index (Phi) is 34.9. The van der Waals surface area contributed by atoms with E-state index in [0.29, 0.717) is 58.6 Å². The van der Waals surface area contributed by atoms with Crippen molar-refractivity contribution in [2.24, 2.45) is 9.98 Å². The van der Waals surface area contributed by atoms with Gasteiger partial charge in [0.05, 0.1) is 26.4 Å². The zero-order valence-corrected chi connectivity index (χ0v) is 57.8. The second-order valence-corrected chi connectivity index (χ2v) is 17.1. The summed E-state index contributed by atoms with van der Waals surface area (Å²) in [4.78, 5) is 86.7. The summed E-state index contributed by atoms with van der Waals surface area (Å²) in [5, 5.41) is 2.78. The van der Waals surface area contributed by atoms with Crippen LogP contribution in [0.4, 0.5) is 19.2 Å². The molecule has 2 unspecified atom stereocenters. The second-order valence-electron chi connectivity index (χ2n) is 13.5. The Morgan fingerprint density at radius 2 is 1.23 bits per heavy atom. The molecule has 0 radical (unpaired) electrons. The van der Waals surface area contributed by atoms with Crippen LogP contribution in [0, 0.1) is 20.8 Å². The molecule has 2 fully saturated rings. The minimum atomic E-state index is -0.749. The number of hydrogen-bond donors (Lipinski definition) is 1. The SMILES string of the molecule is [CH2-]CSCCCOOC=NCCCCCCN1C(=O)N(CCCCCCNC(=O)OCCCSC[CH2-])C(=O)[N+]2(CCCCCC2/N=C\OOCCCSC[CH2-])C1=O.[Rf].[Rf].[Rf]. The molecular formula is C39H68N6O9Rf3S3-2. The van der Waals surface area contributed by atoms with Crippen molar-refractivity contribution in [3.05, 3.63) is 20.8 Å². The van der Waals surface area contributed by atoms with E-state index < -0.39 is 34.8 Å². The maximum absolute atomic E-state index is 14.4. The molecule has 2 rings (SSSR count). The Labute approximate surface area is 354 Å². The minimum Gasteiger partial charge on any atom is -0.450 e. The average Bonchev–Trinajstić information content (AvgIpc) is 3.43. The Hall–Kier alpha value is -5.25. The van der Waals surface area contributed by atoms with Crippen molar-refractivity contribution in [3.63, 3.8) is 0 Å². The van der Waals surface area contributed by atoms with Crippen LogP contribution in [0.25, 0.3) is 0 Å². The Bertz CT molecular complexity index is 1190. The summed E-state index contributed by atoms with van der Waals surface area (Å²) in [6.07, 6.45) is 12.4. The van der Waals surface area contributed by atoms with Crippen LogP contribution in [0.3, 0.4) is 0 Å². The second kappa shape index (κ2) is 36.8. The molecule has 2 heterocycles. The molecule has 0 aromatic heterocycles. The quantitative estimate of drug-likeness (QED) is 0.0125. The zero-order chi connectivity index (χ0) is 41.2. The normalized spacial score (nSPS) is 18.0. The van der Waals surface area contributed by atoms with Gasteiger partial charge in [-0.1, -0.05) is 25.7 Å². The Morgan fingerprint density at radius 1 is 0.700 bits per heavy atom. The third-order valence-corrected chi connectivity index (χ3v) is 11.8. The average molecular weight is 1660 g/mol. The van der Waals surface area contributed by atoms with Gasteiger partial charge in [0, 0.05) is 32.6 Å². The molecule has 1 spiro atoms. The molecule has 2 aliphatic heterocycles. The number of thioether (sulfide) groups is 3. The number of carbonyl (C=O) groups excluding carboxylic acids is 4. The Morgan fingerprint density at radius 3 is 1.82 bits per heavy atom. The van der Waals surface area contributed by atoms with Gasteiger partial charge in [0.15, 0.2) is 0 Å². The number of quaternary nitrogens is 1. The van der Waals surface area contributed by atoms with Crippen LogP contribution in [-0.2, 0) is 24.3 Å². The monoisotopic (exact) mass is 1660 g/mol. The number of alkyl carbamates (subject to hydrolysis) is 1. The number of ether oxygens (including phenoxy) is 1. The molecule has 21 heteroatoms. The number of carbonyl (C=O) groups is 4. The summed E-state index contributed by atoms with van der Waals surface area (Å²) in [6, 6.07) is -1.64. The number of rotatable bonds is 34. The van der Waals surface area contributed by atoms with Gasteiger partial charge >= 0.3 is 24.2 Å². The van der Waals surface area contributed by atoms with Crippen LogP contribution >= 0.6 is 35.3 Å². The van der Waals surface area contributed by atoms with Crippen molar-refractivity contribution in [3.8, 4) is 0 Å². The maximum atomic E-state index is 14.4. The van der Waals surface area contributed by atoms with Crippen LogP contribution < -0.4 is 5.32 Å². The number of nitrogens with one attached hydrogen (secondary N) is 1. The minimum absolute atomic E-state index is 0.